The molecule has 6 nitrogen and oxygen atoms in total. The molecule has 2 aromatic rings. The van der Waals surface area contributed by atoms with Crippen molar-refractivity contribution in [2.75, 3.05) is 40.0 Å². The van der Waals surface area contributed by atoms with E-state index in [9.17, 15) is 4.79 Å². The lowest BCUT2D eigenvalue weighted by Crippen LogP contribution is -2.35. The molecule has 144 valence electrons. The molecule has 2 aromatic carbocycles. The third-order valence-electron chi connectivity index (χ3n) is 4.45. The van der Waals surface area contributed by atoms with Gasteiger partial charge in [0, 0.05) is 26.2 Å². The van der Waals surface area contributed by atoms with E-state index in [1.54, 1.807) is 31.4 Å². The van der Waals surface area contributed by atoms with Gasteiger partial charge in [-0.25, -0.2) is 0 Å². The van der Waals surface area contributed by atoms with Crippen molar-refractivity contribution < 1.29 is 19.0 Å². The zero-order valence-electron chi connectivity index (χ0n) is 15.6. The van der Waals surface area contributed by atoms with Crippen molar-refractivity contribution in [3.63, 3.8) is 0 Å². The second kappa shape index (κ2) is 9.94. The van der Waals surface area contributed by atoms with Crippen LogP contribution in [-0.4, -0.2) is 50.8 Å². The predicted octanol–water partition coefficient (Wildman–Crippen LogP) is 2.22. The third-order valence-corrected chi connectivity index (χ3v) is 4.45. The summed E-state index contributed by atoms with van der Waals surface area (Å²) in [6.45, 7) is 4.99. The lowest BCUT2D eigenvalue weighted by Gasteiger charge is -2.26. The summed E-state index contributed by atoms with van der Waals surface area (Å²) in [6, 6.07) is 15.5. The Morgan fingerprint density at radius 2 is 1.63 bits per heavy atom. The molecule has 1 fully saturated rings. The van der Waals surface area contributed by atoms with E-state index in [2.05, 4.69) is 34.5 Å². The van der Waals surface area contributed by atoms with Gasteiger partial charge in [-0.15, -0.1) is 0 Å². The fourth-order valence-electron chi connectivity index (χ4n) is 2.85. The van der Waals surface area contributed by atoms with Crippen molar-refractivity contribution in [3.8, 4) is 11.5 Å². The number of amides is 1. The molecule has 1 saturated heterocycles. The van der Waals surface area contributed by atoms with E-state index < -0.39 is 0 Å². The fraction of sp³-hybridized carbons (Fsp3) is 0.381. The first-order valence-corrected chi connectivity index (χ1v) is 9.14. The third kappa shape index (κ3) is 6.27. The van der Waals surface area contributed by atoms with Gasteiger partial charge in [-0.05, 0) is 35.4 Å². The van der Waals surface area contributed by atoms with Gasteiger partial charge in [0.15, 0.2) is 6.61 Å². The molecular weight excluding hydrogens is 344 g/mol. The second-order valence-corrected chi connectivity index (χ2v) is 6.45. The summed E-state index contributed by atoms with van der Waals surface area (Å²) in [5.74, 6) is 1.24. The molecule has 6 heteroatoms. The lowest BCUT2D eigenvalue weighted by atomic mass is 10.1. The number of hydrogen-bond donors (Lipinski definition) is 1. The minimum absolute atomic E-state index is 0.0125. The van der Waals surface area contributed by atoms with Crippen LogP contribution < -0.4 is 14.8 Å². The maximum Gasteiger partial charge on any atom is 0.258 e. The number of carbonyl (C=O) groups excluding carboxylic acids is 1. The number of ether oxygens (including phenoxy) is 3. The van der Waals surface area contributed by atoms with Crippen molar-refractivity contribution in [3.05, 3.63) is 59.7 Å². The molecule has 0 spiro atoms. The summed E-state index contributed by atoms with van der Waals surface area (Å²) < 4.78 is 15.9. The summed E-state index contributed by atoms with van der Waals surface area (Å²) in [5, 5.41) is 2.88. The zero-order chi connectivity index (χ0) is 18.9. The zero-order valence-corrected chi connectivity index (χ0v) is 15.6. The summed E-state index contributed by atoms with van der Waals surface area (Å²) in [4.78, 5) is 14.3. The molecule has 0 saturated carbocycles. The van der Waals surface area contributed by atoms with Crippen molar-refractivity contribution in [1.29, 1.82) is 0 Å². The Morgan fingerprint density at radius 3 is 2.30 bits per heavy atom. The topological polar surface area (TPSA) is 60.0 Å². The molecule has 1 aliphatic heterocycles. The molecule has 0 aliphatic carbocycles. The van der Waals surface area contributed by atoms with E-state index in [0.29, 0.717) is 12.3 Å². The van der Waals surface area contributed by atoms with Gasteiger partial charge in [0.2, 0.25) is 0 Å². The van der Waals surface area contributed by atoms with Gasteiger partial charge in [-0.3, -0.25) is 9.69 Å². The van der Waals surface area contributed by atoms with Crippen LogP contribution in [0, 0.1) is 0 Å². The molecule has 0 bridgehead atoms. The number of carbonyl (C=O) groups is 1. The minimum Gasteiger partial charge on any atom is -0.497 e. The van der Waals surface area contributed by atoms with Gasteiger partial charge < -0.3 is 19.5 Å². The van der Waals surface area contributed by atoms with E-state index in [4.69, 9.17) is 14.2 Å². The molecule has 0 unspecified atom stereocenters. The number of nitrogens with zero attached hydrogens (tertiary/aromatic N) is 1. The molecule has 1 N–H and O–H groups in total. The summed E-state index contributed by atoms with van der Waals surface area (Å²) in [6.07, 6.45) is 0. The lowest BCUT2D eigenvalue weighted by molar-refractivity contribution is -0.123. The van der Waals surface area contributed by atoms with E-state index >= 15 is 0 Å². The van der Waals surface area contributed by atoms with E-state index in [-0.39, 0.29) is 12.5 Å². The highest BCUT2D eigenvalue weighted by molar-refractivity contribution is 5.77. The van der Waals surface area contributed by atoms with Gasteiger partial charge in [-0.2, -0.15) is 0 Å². The maximum atomic E-state index is 12.0. The highest BCUT2D eigenvalue weighted by Gasteiger charge is 2.10. The average Bonchev–Trinajstić information content (AvgIpc) is 2.73. The van der Waals surface area contributed by atoms with Crippen molar-refractivity contribution in [2.45, 2.75) is 13.1 Å². The maximum absolute atomic E-state index is 12.0. The monoisotopic (exact) mass is 370 g/mol. The smallest absolute Gasteiger partial charge is 0.258 e. The van der Waals surface area contributed by atoms with Crippen LogP contribution >= 0.6 is 0 Å². The SMILES string of the molecule is COc1ccc(OCC(=O)NCc2ccc(CN3CCOCC3)cc2)cc1. The minimum atomic E-state index is -0.150. The van der Waals surface area contributed by atoms with Crippen molar-refractivity contribution in [2.24, 2.45) is 0 Å². The molecule has 0 atom stereocenters. The molecular formula is C21H26N2O4. The summed E-state index contributed by atoms with van der Waals surface area (Å²) in [5.41, 5.74) is 2.34. The Bertz CT molecular complexity index is 710. The number of rotatable bonds is 8. The first-order valence-electron chi connectivity index (χ1n) is 9.14. The van der Waals surface area contributed by atoms with Gasteiger partial charge in [0.05, 0.1) is 20.3 Å². The van der Waals surface area contributed by atoms with Crippen LogP contribution in [0.15, 0.2) is 48.5 Å². The van der Waals surface area contributed by atoms with Crippen LogP contribution in [0.5, 0.6) is 11.5 Å². The first kappa shape index (κ1) is 19.2. The average molecular weight is 370 g/mol. The Balaban J connectivity index is 1.38. The van der Waals surface area contributed by atoms with Crippen LogP contribution in [0.4, 0.5) is 0 Å². The molecule has 1 aliphatic rings. The molecule has 3 rings (SSSR count). The molecule has 0 aromatic heterocycles. The van der Waals surface area contributed by atoms with Crippen molar-refractivity contribution >= 4 is 5.91 Å². The molecule has 27 heavy (non-hydrogen) atoms. The molecule has 1 heterocycles. The van der Waals surface area contributed by atoms with Gasteiger partial charge in [0.1, 0.15) is 11.5 Å². The quantitative estimate of drug-likeness (QED) is 0.772. The standard InChI is InChI=1S/C21H26N2O4/c1-25-19-6-8-20(9-7-19)27-16-21(24)22-14-17-2-4-18(5-3-17)15-23-10-12-26-13-11-23/h2-9H,10-16H2,1H3,(H,22,24). The molecule has 1 amide bonds. The van der Waals surface area contributed by atoms with Gasteiger partial charge in [0.25, 0.3) is 5.91 Å². The highest BCUT2D eigenvalue weighted by Crippen LogP contribution is 2.16. The summed E-state index contributed by atoms with van der Waals surface area (Å²) >= 11 is 0. The number of morpholine rings is 1. The summed E-state index contributed by atoms with van der Waals surface area (Å²) in [7, 11) is 1.61. The number of benzene rings is 2. The Kier molecular flexibility index (Phi) is 7.07. The number of hydrogen-bond acceptors (Lipinski definition) is 5. The van der Waals surface area contributed by atoms with Crippen LogP contribution in [0.1, 0.15) is 11.1 Å². The van der Waals surface area contributed by atoms with Gasteiger partial charge >= 0.3 is 0 Å². The normalized spacial score (nSPS) is 14.6. The predicted molar refractivity (Wildman–Crippen MR) is 103 cm³/mol. The highest BCUT2D eigenvalue weighted by atomic mass is 16.5. The number of methoxy groups -OCH3 is 1. The van der Waals surface area contributed by atoms with E-state index in [0.717, 1.165) is 44.2 Å². The van der Waals surface area contributed by atoms with Crippen molar-refractivity contribution in [1.82, 2.24) is 10.2 Å². The second-order valence-electron chi connectivity index (χ2n) is 6.45. The largest absolute Gasteiger partial charge is 0.497 e. The Labute approximate surface area is 160 Å². The number of nitrogens with one attached hydrogen (secondary N) is 1. The van der Waals surface area contributed by atoms with Crippen LogP contribution in [0.2, 0.25) is 0 Å². The first-order chi connectivity index (χ1) is 13.2. The Morgan fingerprint density at radius 1 is 1.00 bits per heavy atom. The fourth-order valence-corrected chi connectivity index (χ4v) is 2.85. The van der Waals surface area contributed by atoms with Crippen LogP contribution in [0.25, 0.3) is 0 Å². The molecule has 0 radical (unpaired) electrons. The van der Waals surface area contributed by atoms with E-state index in [1.807, 2.05) is 0 Å². The van der Waals surface area contributed by atoms with Crippen LogP contribution in [-0.2, 0) is 22.6 Å². The van der Waals surface area contributed by atoms with E-state index in [1.165, 1.54) is 5.56 Å². The Hall–Kier alpha value is -2.57. The van der Waals surface area contributed by atoms with Gasteiger partial charge in [-0.1, -0.05) is 24.3 Å². The van der Waals surface area contributed by atoms with Crippen LogP contribution in [0.3, 0.4) is 0 Å².